The highest BCUT2D eigenvalue weighted by Gasteiger charge is 2.40. The number of halogens is 1. The number of esters is 2. The van der Waals surface area contributed by atoms with E-state index in [4.69, 9.17) is 25.8 Å². The zero-order chi connectivity index (χ0) is 19.7. The SMILES string of the molecule is CCOC(=O)/C=C1\CC2C(=C(c3ccc(Cl)cc3)O1)C(=O)Oc1ccccc12. The minimum atomic E-state index is -0.483. The molecular formula is C22H17ClO5. The van der Waals surface area contributed by atoms with Crippen molar-refractivity contribution >= 4 is 29.3 Å². The lowest BCUT2D eigenvalue weighted by Crippen LogP contribution is -2.28. The van der Waals surface area contributed by atoms with E-state index >= 15 is 0 Å². The molecule has 2 aromatic rings. The van der Waals surface area contributed by atoms with Gasteiger partial charge in [-0.05, 0) is 37.3 Å². The van der Waals surface area contributed by atoms with Crippen LogP contribution in [0.3, 0.4) is 0 Å². The van der Waals surface area contributed by atoms with E-state index in [9.17, 15) is 9.59 Å². The number of allylic oxidation sites excluding steroid dienone is 1. The molecular weight excluding hydrogens is 380 g/mol. The molecule has 0 fully saturated rings. The van der Waals surface area contributed by atoms with Crippen molar-refractivity contribution in [1.29, 1.82) is 0 Å². The molecule has 1 unspecified atom stereocenters. The van der Waals surface area contributed by atoms with Crippen LogP contribution in [0.15, 0.2) is 65.9 Å². The number of carbonyl (C=O) groups excluding carboxylic acids is 2. The van der Waals surface area contributed by atoms with Gasteiger partial charge in [-0.1, -0.05) is 29.8 Å². The molecule has 6 heteroatoms. The molecule has 0 amide bonds. The number of ether oxygens (including phenoxy) is 3. The molecule has 2 heterocycles. The topological polar surface area (TPSA) is 61.8 Å². The first kappa shape index (κ1) is 18.3. The number of carbonyl (C=O) groups is 2. The van der Waals surface area contributed by atoms with Crippen molar-refractivity contribution in [2.24, 2.45) is 0 Å². The molecule has 0 spiro atoms. The number of fused-ring (bicyclic) bond motifs is 3. The predicted molar refractivity (Wildman–Crippen MR) is 104 cm³/mol. The van der Waals surface area contributed by atoms with E-state index in [-0.39, 0.29) is 12.5 Å². The molecule has 142 valence electrons. The Morgan fingerprint density at radius 2 is 1.93 bits per heavy atom. The summed E-state index contributed by atoms with van der Waals surface area (Å²) in [7, 11) is 0. The monoisotopic (exact) mass is 396 g/mol. The summed E-state index contributed by atoms with van der Waals surface area (Å²) >= 11 is 5.99. The summed E-state index contributed by atoms with van der Waals surface area (Å²) in [4.78, 5) is 24.7. The minimum absolute atomic E-state index is 0.270. The summed E-state index contributed by atoms with van der Waals surface area (Å²) in [5.74, 6) is 0.100. The van der Waals surface area contributed by atoms with Gasteiger partial charge in [0.2, 0.25) is 0 Å². The van der Waals surface area contributed by atoms with Crippen LogP contribution in [0.1, 0.15) is 30.4 Å². The zero-order valence-corrected chi connectivity index (χ0v) is 15.9. The summed E-state index contributed by atoms with van der Waals surface area (Å²) in [6, 6.07) is 14.3. The molecule has 5 nitrogen and oxygen atoms in total. The fraction of sp³-hybridized carbons (Fsp3) is 0.182. The second-order valence-electron chi connectivity index (χ2n) is 6.40. The maximum absolute atomic E-state index is 12.8. The van der Waals surface area contributed by atoms with E-state index in [1.54, 1.807) is 37.3 Å². The van der Waals surface area contributed by atoms with Gasteiger partial charge in [0.1, 0.15) is 17.3 Å². The van der Waals surface area contributed by atoms with Gasteiger partial charge in [0.15, 0.2) is 0 Å². The zero-order valence-electron chi connectivity index (χ0n) is 15.1. The van der Waals surface area contributed by atoms with Gasteiger partial charge in [-0.3, -0.25) is 0 Å². The van der Waals surface area contributed by atoms with Gasteiger partial charge in [0.05, 0.1) is 18.3 Å². The third-order valence-electron chi connectivity index (χ3n) is 4.62. The lowest BCUT2D eigenvalue weighted by atomic mass is 9.82. The van der Waals surface area contributed by atoms with Crippen LogP contribution in [0.4, 0.5) is 0 Å². The van der Waals surface area contributed by atoms with Gasteiger partial charge in [0.25, 0.3) is 0 Å². The van der Waals surface area contributed by atoms with Crippen LogP contribution in [-0.2, 0) is 19.1 Å². The Labute approximate surface area is 167 Å². The van der Waals surface area contributed by atoms with Gasteiger partial charge in [-0.25, -0.2) is 9.59 Å². The molecule has 1 atom stereocenters. The van der Waals surface area contributed by atoms with Crippen LogP contribution >= 0.6 is 11.6 Å². The second kappa shape index (κ2) is 7.52. The van der Waals surface area contributed by atoms with Crippen molar-refractivity contribution in [3.05, 3.63) is 82.1 Å². The number of para-hydroxylation sites is 1. The van der Waals surface area contributed by atoms with Crippen molar-refractivity contribution in [3.8, 4) is 5.75 Å². The highest BCUT2D eigenvalue weighted by atomic mass is 35.5. The van der Waals surface area contributed by atoms with Crippen molar-refractivity contribution < 1.29 is 23.8 Å². The van der Waals surface area contributed by atoms with E-state index in [0.717, 1.165) is 5.56 Å². The summed E-state index contributed by atoms with van der Waals surface area (Å²) < 4.78 is 16.5. The third kappa shape index (κ3) is 3.41. The van der Waals surface area contributed by atoms with E-state index in [2.05, 4.69) is 0 Å². The van der Waals surface area contributed by atoms with Crippen LogP contribution in [0.25, 0.3) is 5.76 Å². The fourth-order valence-corrected chi connectivity index (χ4v) is 3.55. The normalized spacial score (nSPS) is 19.4. The van der Waals surface area contributed by atoms with Gasteiger partial charge >= 0.3 is 11.9 Å². The van der Waals surface area contributed by atoms with Crippen LogP contribution < -0.4 is 4.74 Å². The van der Waals surface area contributed by atoms with Crippen molar-refractivity contribution in [3.63, 3.8) is 0 Å². The molecule has 2 aromatic carbocycles. The molecule has 0 radical (unpaired) electrons. The number of rotatable bonds is 3. The third-order valence-corrected chi connectivity index (χ3v) is 4.87. The van der Waals surface area contributed by atoms with Gasteiger partial charge in [0, 0.05) is 28.5 Å². The Morgan fingerprint density at radius 1 is 1.18 bits per heavy atom. The van der Waals surface area contributed by atoms with E-state index in [0.29, 0.717) is 39.8 Å². The maximum atomic E-state index is 12.8. The smallest absolute Gasteiger partial charge is 0.343 e. The first-order valence-corrected chi connectivity index (χ1v) is 9.31. The van der Waals surface area contributed by atoms with Gasteiger partial charge in [-0.15, -0.1) is 0 Å². The van der Waals surface area contributed by atoms with Gasteiger partial charge in [-0.2, -0.15) is 0 Å². The molecule has 2 aliphatic rings. The average Bonchev–Trinajstić information content (AvgIpc) is 2.68. The lowest BCUT2D eigenvalue weighted by molar-refractivity contribution is -0.137. The van der Waals surface area contributed by atoms with E-state index in [1.807, 2.05) is 18.2 Å². The van der Waals surface area contributed by atoms with Crippen LogP contribution in [-0.4, -0.2) is 18.5 Å². The summed E-state index contributed by atoms with van der Waals surface area (Å²) in [5.41, 5.74) is 1.99. The Bertz CT molecular complexity index is 1000. The molecule has 0 N–H and O–H groups in total. The molecule has 0 saturated heterocycles. The van der Waals surface area contributed by atoms with Crippen LogP contribution in [0.5, 0.6) is 5.75 Å². The first-order chi connectivity index (χ1) is 13.6. The standard InChI is InChI=1S/C22H17ClO5/c1-2-26-19(24)12-15-11-17-16-5-3-4-6-18(16)28-22(25)20(17)21(27-15)13-7-9-14(23)10-8-13/h3-10,12,17H,2,11H2,1H3/b15-12+. The molecule has 2 aliphatic heterocycles. The Hall–Kier alpha value is -3.05. The number of hydrogen-bond acceptors (Lipinski definition) is 5. The van der Waals surface area contributed by atoms with Crippen molar-refractivity contribution in [2.45, 2.75) is 19.3 Å². The van der Waals surface area contributed by atoms with Crippen LogP contribution in [0, 0.1) is 0 Å². The number of hydrogen-bond donors (Lipinski definition) is 0. The number of benzene rings is 2. The van der Waals surface area contributed by atoms with E-state index < -0.39 is 11.9 Å². The Balaban J connectivity index is 1.86. The van der Waals surface area contributed by atoms with Crippen molar-refractivity contribution in [1.82, 2.24) is 0 Å². The molecule has 0 aliphatic carbocycles. The summed E-state index contributed by atoms with van der Waals surface area (Å²) in [5, 5.41) is 0.570. The summed E-state index contributed by atoms with van der Waals surface area (Å²) in [6.45, 7) is 2.01. The lowest BCUT2D eigenvalue weighted by Gasteiger charge is -2.33. The maximum Gasteiger partial charge on any atom is 0.343 e. The predicted octanol–water partition coefficient (Wildman–Crippen LogP) is 4.62. The van der Waals surface area contributed by atoms with Crippen LogP contribution in [0.2, 0.25) is 5.02 Å². The highest BCUT2D eigenvalue weighted by molar-refractivity contribution is 6.30. The van der Waals surface area contributed by atoms with E-state index in [1.165, 1.54) is 6.08 Å². The first-order valence-electron chi connectivity index (χ1n) is 8.93. The molecule has 0 aromatic heterocycles. The largest absolute Gasteiger partial charge is 0.463 e. The minimum Gasteiger partial charge on any atom is -0.463 e. The average molecular weight is 397 g/mol. The highest BCUT2D eigenvalue weighted by Crippen LogP contribution is 2.48. The Kier molecular flexibility index (Phi) is 4.92. The fourth-order valence-electron chi connectivity index (χ4n) is 3.43. The molecule has 0 saturated carbocycles. The Morgan fingerprint density at radius 3 is 2.68 bits per heavy atom. The summed E-state index contributed by atoms with van der Waals surface area (Å²) in [6.07, 6.45) is 1.69. The quantitative estimate of drug-likeness (QED) is 0.430. The molecule has 0 bridgehead atoms. The van der Waals surface area contributed by atoms with Gasteiger partial charge < -0.3 is 14.2 Å². The molecule has 28 heavy (non-hydrogen) atoms. The van der Waals surface area contributed by atoms with Crippen molar-refractivity contribution in [2.75, 3.05) is 6.61 Å². The molecule has 4 rings (SSSR count). The second-order valence-corrected chi connectivity index (χ2v) is 6.83.